The summed E-state index contributed by atoms with van der Waals surface area (Å²) < 4.78 is 25.3. The first-order valence-corrected chi connectivity index (χ1v) is 11.1. The molecule has 3 rings (SSSR count). The average Bonchev–Trinajstić information content (AvgIpc) is 3.22. The minimum Gasteiger partial charge on any atom is -0.296 e. The smallest absolute Gasteiger partial charge is 0.257 e. The molecule has 0 saturated carbocycles. The Labute approximate surface area is 157 Å². The van der Waals surface area contributed by atoms with Gasteiger partial charge >= 0.3 is 0 Å². The van der Waals surface area contributed by atoms with Crippen molar-refractivity contribution < 1.29 is 13.2 Å². The first kappa shape index (κ1) is 18.8. The summed E-state index contributed by atoms with van der Waals surface area (Å²) in [5.41, 5.74) is 1.04. The fourth-order valence-electron chi connectivity index (χ4n) is 2.97. The molecule has 26 heavy (non-hydrogen) atoms. The summed E-state index contributed by atoms with van der Waals surface area (Å²) >= 11 is 1.39. The lowest BCUT2D eigenvalue weighted by atomic mass is 10.1. The van der Waals surface area contributed by atoms with Crippen molar-refractivity contribution in [2.24, 2.45) is 0 Å². The number of carbonyl (C=O) groups is 1. The van der Waals surface area contributed by atoms with Gasteiger partial charge in [-0.15, -0.1) is 10.2 Å². The molecular weight excluding hydrogens is 372 g/mol. The number of sulfonamides is 1. The molecule has 0 aliphatic carbocycles. The van der Waals surface area contributed by atoms with Gasteiger partial charge in [0.25, 0.3) is 5.91 Å². The maximum absolute atomic E-state index is 12.4. The van der Waals surface area contributed by atoms with Gasteiger partial charge < -0.3 is 0 Å². The first-order valence-electron chi connectivity index (χ1n) is 8.69. The molecule has 1 aliphatic heterocycles. The van der Waals surface area contributed by atoms with Crippen LogP contribution in [-0.4, -0.2) is 36.8 Å². The maximum Gasteiger partial charge on any atom is 0.257 e. The number of amides is 1. The molecule has 1 N–H and O–H groups in total. The molecule has 0 unspecified atom stereocenters. The van der Waals surface area contributed by atoms with Crippen LogP contribution in [0.1, 0.15) is 54.4 Å². The molecule has 1 aliphatic rings. The standard InChI is InChI=1S/C17H22N4O3S2/c1-3-12(4-2)16-19-20-17(25-16)18-15(22)13-6-8-14(9-7-13)21-10-5-11-26(21,23)24/h6-9,12H,3-5,10-11H2,1-2H3,(H,18,20,22). The predicted molar refractivity (Wildman–Crippen MR) is 103 cm³/mol. The van der Waals surface area contributed by atoms with E-state index >= 15 is 0 Å². The van der Waals surface area contributed by atoms with Gasteiger partial charge in [-0.1, -0.05) is 25.2 Å². The predicted octanol–water partition coefficient (Wildman–Crippen LogP) is 3.23. The van der Waals surface area contributed by atoms with Crippen LogP contribution >= 0.6 is 11.3 Å². The van der Waals surface area contributed by atoms with Crippen molar-refractivity contribution in [3.63, 3.8) is 0 Å². The number of hydrogen-bond donors (Lipinski definition) is 1. The highest BCUT2D eigenvalue weighted by Crippen LogP contribution is 2.28. The number of nitrogens with one attached hydrogen (secondary N) is 1. The molecular formula is C17H22N4O3S2. The van der Waals surface area contributed by atoms with E-state index in [1.54, 1.807) is 24.3 Å². The third-order valence-corrected chi connectivity index (χ3v) is 7.38. The van der Waals surface area contributed by atoms with Crippen LogP contribution < -0.4 is 9.62 Å². The second-order valence-electron chi connectivity index (χ2n) is 6.20. The van der Waals surface area contributed by atoms with Crippen molar-refractivity contribution in [1.29, 1.82) is 0 Å². The zero-order chi connectivity index (χ0) is 18.7. The molecule has 7 nitrogen and oxygen atoms in total. The van der Waals surface area contributed by atoms with Crippen molar-refractivity contribution >= 4 is 38.1 Å². The molecule has 9 heteroatoms. The van der Waals surface area contributed by atoms with Gasteiger partial charge in [-0.05, 0) is 43.5 Å². The number of benzene rings is 1. The lowest BCUT2D eigenvalue weighted by Gasteiger charge is -2.16. The van der Waals surface area contributed by atoms with Gasteiger partial charge in [0.15, 0.2) is 0 Å². The van der Waals surface area contributed by atoms with Crippen LogP contribution in [0.5, 0.6) is 0 Å². The van der Waals surface area contributed by atoms with Crippen LogP contribution in [-0.2, 0) is 10.0 Å². The lowest BCUT2D eigenvalue weighted by molar-refractivity contribution is 0.102. The Kier molecular flexibility index (Phi) is 5.57. The van der Waals surface area contributed by atoms with E-state index in [2.05, 4.69) is 29.4 Å². The van der Waals surface area contributed by atoms with E-state index < -0.39 is 10.0 Å². The first-order chi connectivity index (χ1) is 12.4. The van der Waals surface area contributed by atoms with Crippen molar-refractivity contribution in [1.82, 2.24) is 10.2 Å². The minimum atomic E-state index is -3.22. The molecule has 0 radical (unpaired) electrons. The fraction of sp³-hybridized carbons (Fsp3) is 0.471. The van der Waals surface area contributed by atoms with E-state index in [0.29, 0.717) is 35.3 Å². The highest BCUT2D eigenvalue weighted by atomic mass is 32.2. The quantitative estimate of drug-likeness (QED) is 0.812. The van der Waals surface area contributed by atoms with E-state index in [4.69, 9.17) is 0 Å². The molecule has 1 amide bonds. The van der Waals surface area contributed by atoms with Crippen molar-refractivity contribution in [2.45, 2.75) is 39.0 Å². The normalized spacial score (nSPS) is 16.2. The van der Waals surface area contributed by atoms with Gasteiger partial charge in [0, 0.05) is 18.0 Å². The molecule has 2 heterocycles. The maximum atomic E-state index is 12.4. The number of hydrogen-bond acceptors (Lipinski definition) is 6. The zero-order valence-electron chi connectivity index (χ0n) is 14.8. The molecule has 1 saturated heterocycles. The van der Waals surface area contributed by atoms with Crippen LogP contribution in [0.25, 0.3) is 0 Å². The second kappa shape index (κ2) is 7.71. The van der Waals surface area contributed by atoms with Gasteiger partial charge in [0.05, 0.1) is 11.4 Å². The monoisotopic (exact) mass is 394 g/mol. The summed E-state index contributed by atoms with van der Waals surface area (Å²) in [4.78, 5) is 12.4. The largest absolute Gasteiger partial charge is 0.296 e. The summed E-state index contributed by atoms with van der Waals surface area (Å²) in [6.45, 7) is 4.70. The molecule has 1 aromatic heterocycles. The highest BCUT2D eigenvalue weighted by molar-refractivity contribution is 7.93. The number of nitrogens with zero attached hydrogens (tertiary/aromatic N) is 3. The third kappa shape index (κ3) is 3.88. The van der Waals surface area contributed by atoms with Gasteiger partial charge in [0.2, 0.25) is 15.2 Å². The number of anilines is 2. The van der Waals surface area contributed by atoms with E-state index in [-0.39, 0.29) is 11.7 Å². The van der Waals surface area contributed by atoms with Crippen LogP contribution in [0.4, 0.5) is 10.8 Å². The number of aromatic nitrogens is 2. The van der Waals surface area contributed by atoms with Gasteiger partial charge in [-0.3, -0.25) is 14.4 Å². The second-order valence-corrected chi connectivity index (χ2v) is 9.22. The Morgan fingerprint density at radius 1 is 1.23 bits per heavy atom. The Bertz CT molecular complexity index is 874. The summed E-state index contributed by atoms with van der Waals surface area (Å²) in [6.07, 6.45) is 2.60. The average molecular weight is 395 g/mol. The summed E-state index contributed by atoms with van der Waals surface area (Å²) in [5, 5.41) is 12.4. The topological polar surface area (TPSA) is 92.3 Å². The SMILES string of the molecule is CCC(CC)c1nnc(NC(=O)c2ccc(N3CCCS3(=O)=O)cc2)s1. The van der Waals surface area contributed by atoms with Crippen molar-refractivity contribution in [2.75, 3.05) is 21.9 Å². The molecule has 1 aromatic carbocycles. The fourth-order valence-corrected chi connectivity index (χ4v) is 5.54. The van der Waals surface area contributed by atoms with E-state index in [0.717, 1.165) is 17.8 Å². The highest BCUT2D eigenvalue weighted by Gasteiger charge is 2.28. The Balaban J connectivity index is 1.69. The van der Waals surface area contributed by atoms with Crippen LogP contribution in [0.2, 0.25) is 0 Å². The van der Waals surface area contributed by atoms with E-state index in [1.165, 1.54) is 15.6 Å². The van der Waals surface area contributed by atoms with Crippen LogP contribution in [0.15, 0.2) is 24.3 Å². The number of rotatable bonds is 6. The van der Waals surface area contributed by atoms with E-state index in [1.807, 2.05) is 0 Å². The number of carbonyl (C=O) groups excluding carboxylic acids is 1. The van der Waals surface area contributed by atoms with Gasteiger partial charge in [-0.2, -0.15) is 0 Å². The summed E-state index contributed by atoms with van der Waals surface area (Å²) in [7, 11) is -3.22. The van der Waals surface area contributed by atoms with E-state index in [9.17, 15) is 13.2 Å². The molecule has 2 aromatic rings. The Hall–Kier alpha value is -2.00. The van der Waals surface area contributed by atoms with Crippen molar-refractivity contribution in [3.8, 4) is 0 Å². The van der Waals surface area contributed by atoms with Gasteiger partial charge in [-0.25, -0.2) is 8.42 Å². The molecule has 0 bridgehead atoms. The molecule has 0 spiro atoms. The third-order valence-electron chi connectivity index (χ3n) is 4.51. The molecule has 0 atom stereocenters. The molecule has 140 valence electrons. The Morgan fingerprint density at radius 3 is 2.50 bits per heavy atom. The zero-order valence-corrected chi connectivity index (χ0v) is 16.4. The van der Waals surface area contributed by atoms with Gasteiger partial charge in [0.1, 0.15) is 5.01 Å². The van der Waals surface area contributed by atoms with Crippen LogP contribution in [0, 0.1) is 0 Å². The minimum absolute atomic E-state index is 0.172. The summed E-state index contributed by atoms with van der Waals surface area (Å²) in [6, 6.07) is 6.57. The Morgan fingerprint density at radius 2 is 1.92 bits per heavy atom. The molecule has 1 fully saturated rings. The van der Waals surface area contributed by atoms with Crippen molar-refractivity contribution in [3.05, 3.63) is 34.8 Å². The lowest BCUT2D eigenvalue weighted by Crippen LogP contribution is -2.25. The summed E-state index contributed by atoms with van der Waals surface area (Å²) in [5.74, 6) is 0.249. The van der Waals surface area contributed by atoms with Crippen LogP contribution in [0.3, 0.4) is 0 Å².